The van der Waals surface area contributed by atoms with Gasteiger partial charge in [0.25, 0.3) is 0 Å². The molecule has 0 saturated heterocycles. The third-order valence-electron chi connectivity index (χ3n) is 2.80. The molecule has 0 saturated carbocycles. The summed E-state index contributed by atoms with van der Waals surface area (Å²) >= 11 is 1.63. The quantitative estimate of drug-likeness (QED) is 0.775. The van der Waals surface area contributed by atoms with Gasteiger partial charge in [-0.05, 0) is 29.6 Å². The predicted octanol–water partition coefficient (Wildman–Crippen LogP) is 2.88. The molecule has 102 valence electrons. The van der Waals surface area contributed by atoms with Gasteiger partial charge in [0.1, 0.15) is 12.4 Å². The molecule has 3 rings (SSSR count). The van der Waals surface area contributed by atoms with Crippen molar-refractivity contribution in [2.24, 2.45) is 0 Å². The van der Waals surface area contributed by atoms with Crippen LogP contribution in [-0.2, 0) is 9.53 Å². The maximum atomic E-state index is 11.5. The van der Waals surface area contributed by atoms with Gasteiger partial charge < -0.3 is 15.0 Å². The average molecular weight is 287 g/mol. The zero-order chi connectivity index (χ0) is 13.9. The largest absolute Gasteiger partial charge is 0.375 e. The Hall–Kier alpha value is -2.18. The van der Waals surface area contributed by atoms with E-state index < -0.39 is 0 Å². The molecule has 2 N–H and O–H groups in total. The number of thiophene rings is 1. The third kappa shape index (κ3) is 2.56. The van der Waals surface area contributed by atoms with Crippen molar-refractivity contribution in [1.29, 1.82) is 0 Å². The third-order valence-corrected chi connectivity index (χ3v) is 3.67. The lowest BCUT2D eigenvalue weighted by atomic mass is 10.3. The summed E-state index contributed by atoms with van der Waals surface area (Å²) < 4.78 is 4.79. The van der Waals surface area contributed by atoms with Crippen LogP contribution in [0.4, 0.5) is 5.69 Å². The molecule has 1 amide bonds. The number of fused-ring (bicyclic) bond motifs is 1. The van der Waals surface area contributed by atoms with Gasteiger partial charge in [0.05, 0.1) is 15.9 Å². The van der Waals surface area contributed by atoms with E-state index in [0.717, 1.165) is 27.4 Å². The number of amides is 1. The number of ether oxygens (including phenoxy) is 1. The molecule has 0 spiro atoms. The Morgan fingerprint density at radius 2 is 2.35 bits per heavy atom. The highest BCUT2D eigenvalue weighted by Crippen LogP contribution is 2.25. The van der Waals surface area contributed by atoms with Crippen LogP contribution >= 0.6 is 11.3 Å². The number of nitrogens with one attached hydrogen (secondary N) is 2. The average Bonchev–Trinajstić information content (AvgIpc) is 3.07. The van der Waals surface area contributed by atoms with Crippen LogP contribution in [0.25, 0.3) is 21.7 Å². The van der Waals surface area contributed by atoms with E-state index in [0.29, 0.717) is 0 Å². The fourth-order valence-corrected chi connectivity index (χ4v) is 2.61. The maximum Gasteiger partial charge on any atom is 0.250 e. The number of methoxy groups -OCH3 is 1. The van der Waals surface area contributed by atoms with Crippen LogP contribution in [0.15, 0.2) is 35.7 Å². The van der Waals surface area contributed by atoms with Gasteiger partial charge >= 0.3 is 0 Å². The molecule has 2 heterocycles. The van der Waals surface area contributed by atoms with Gasteiger partial charge in [-0.15, -0.1) is 11.3 Å². The van der Waals surface area contributed by atoms with Crippen molar-refractivity contribution in [3.05, 3.63) is 35.7 Å². The second kappa shape index (κ2) is 5.44. The van der Waals surface area contributed by atoms with Crippen molar-refractivity contribution < 1.29 is 9.53 Å². The van der Waals surface area contributed by atoms with Crippen LogP contribution in [-0.4, -0.2) is 29.6 Å². The normalized spacial score (nSPS) is 10.8. The number of imidazole rings is 1. The number of carbonyl (C=O) groups is 1. The minimum Gasteiger partial charge on any atom is -0.375 e. The summed E-state index contributed by atoms with van der Waals surface area (Å²) in [4.78, 5) is 20.4. The Bertz CT molecular complexity index is 734. The monoisotopic (exact) mass is 287 g/mol. The molecule has 5 nitrogen and oxygen atoms in total. The summed E-state index contributed by atoms with van der Waals surface area (Å²) in [6.45, 7) is 0.0431. The molecular formula is C14H13N3O2S. The highest BCUT2D eigenvalue weighted by Gasteiger charge is 2.08. The SMILES string of the molecule is COCC(=O)Nc1ccc2nc(-c3cccs3)[nH]c2c1. The Balaban J connectivity index is 1.89. The van der Waals surface area contributed by atoms with Crippen LogP contribution in [0, 0.1) is 0 Å². The molecule has 0 atom stereocenters. The number of aromatic amines is 1. The van der Waals surface area contributed by atoms with Crippen molar-refractivity contribution >= 4 is 34.0 Å². The number of rotatable bonds is 4. The van der Waals surface area contributed by atoms with Gasteiger partial charge in [-0.1, -0.05) is 6.07 Å². The fourth-order valence-electron chi connectivity index (χ4n) is 1.95. The highest BCUT2D eigenvalue weighted by atomic mass is 32.1. The summed E-state index contributed by atoms with van der Waals surface area (Å²) in [5.41, 5.74) is 2.49. The lowest BCUT2D eigenvalue weighted by Gasteiger charge is -2.03. The Morgan fingerprint density at radius 3 is 3.10 bits per heavy atom. The Kier molecular flexibility index (Phi) is 3.49. The summed E-state index contributed by atoms with van der Waals surface area (Å²) in [6.07, 6.45) is 0. The van der Waals surface area contributed by atoms with Crippen molar-refractivity contribution in [1.82, 2.24) is 9.97 Å². The number of hydrogen-bond acceptors (Lipinski definition) is 4. The number of hydrogen-bond donors (Lipinski definition) is 2. The number of anilines is 1. The molecule has 20 heavy (non-hydrogen) atoms. The second-order valence-electron chi connectivity index (χ2n) is 4.28. The van der Waals surface area contributed by atoms with Crippen LogP contribution in [0.2, 0.25) is 0 Å². The van der Waals surface area contributed by atoms with Gasteiger partial charge in [0.2, 0.25) is 5.91 Å². The van der Waals surface area contributed by atoms with Crippen molar-refractivity contribution in [3.8, 4) is 10.7 Å². The van der Waals surface area contributed by atoms with Crippen LogP contribution in [0.3, 0.4) is 0 Å². The van der Waals surface area contributed by atoms with E-state index in [9.17, 15) is 4.79 Å². The van der Waals surface area contributed by atoms with Crippen molar-refractivity contribution in [2.75, 3.05) is 19.0 Å². The summed E-state index contributed by atoms with van der Waals surface area (Å²) in [6, 6.07) is 9.58. The second-order valence-corrected chi connectivity index (χ2v) is 5.22. The summed E-state index contributed by atoms with van der Waals surface area (Å²) in [7, 11) is 1.49. The van der Waals surface area contributed by atoms with E-state index in [1.807, 2.05) is 35.7 Å². The van der Waals surface area contributed by atoms with Gasteiger partial charge in [-0.3, -0.25) is 4.79 Å². The molecule has 0 bridgehead atoms. The molecular weight excluding hydrogens is 274 g/mol. The zero-order valence-corrected chi connectivity index (χ0v) is 11.7. The number of benzene rings is 1. The van der Waals surface area contributed by atoms with E-state index in [-0.39, 0.29) is 12.5 Å². The van der Waals surface area contributed by atoms with E-state index in [1.165, 1.54) is 7.11 Å². The highest BCUT2D eigenvalue weighted by molar-refractivity contribution is 7.13. The van der Waals surface area contributed by atoms with Gasteiger partial charge in [-0.25, -0.2) is 4.98 Å². The first-order chi connectivity index (χ1) is 9.76. The Labute approximate surface area is 119 Å². The fraction of sp³-hybridized carbons (Fsp3) is 0.143. The van der Waals surface area contributed by atoms with Gasteiger partial charge in [0.15, 0.2) is 0 Å². The molecule has 3 aromatic rings. The number of aromatic nitrogens is 2. The first-order valence-electron chi connectivity index (χ1n) is 6.09. The van der Waals surface area contributed by atoms with E-state index in [4.69, 9.17) is 4.74 Å². The molecule has 1 aromatic carbocycles. The lowest BCUT2D eigenvalue weighted by Crippen LogP contribution is -2.16. The van der Waals surface area contributed by atoms with E-state index >= 15 is 0 Å². The minimum atomic E-state index is -0.176. The lowest BCUT2D eigenvalue weighted by molar-refractivity contribution is -0.119. The molecule has 2 aromatic heterocycles. The van der Waals surface area contributed by atoms with Gasteiger partial charge in [-0.2, -0.15) is 0 Å². The minimum absolute atomic E-state index is 0.0431. The molecule has 0 unspecified atom stereocenters. The van der Waals surface area contributed by atoms with E-state index in [2.05, 4.69) is 15.3 Å². The number of carbonyl (C=O) groups excluding carboxylic acids is 1. The van der Waals surface area contributed by atoms with E-state index in [1.54, 1.807) is 11.3 Å². The van der Waals surface area contributed by atoms with Crippen molar-refractivity contribution in [3.63, 3.8) is 0 Å². The maximum absolute atomic E-state index is 11.5. The van der Waals surface area contributed by atoms with Crippen LogP contribution in [0.1, 0.15) is 0 Å². The number of H-pyrrole nitrogens is 1. The number of nitrogens with zero attached hydrogens (tertiary/aromatic N) is 1. The standard InChI is InChI=1S/C14H13N3O2S/c1-19-8-13(18)15-9-4-5-10-11(7-9)17-14(16-10)12-3-2-6-20-12/h2-7H,8H2,1H3,(H,15,18)(H,16,17). The first-order valence-corrected chi connectivity index (χ1v) is 6.96. The molecule has 0 fully saturated rings. The van der Waals surface area contributed by atoms with Gasteiger partial charge in [0, 0.05) is 12.8 Å². The summed E-state index contributed by atoms with van der Waals surface area (Å²) in [5, 5.41) is 4.78. The molecule has 0 radical (unpaired) electrons. The smallest absolute Gasteiger partial charge is 0.250 e. The van der Waals surface area contributed by atoms with Crippen LogP contribution < -0.4 is 5.32 Å². The summed E-state index contributed by atoms with van der Waals surface area (Å²) in [5.74, 6) is 0.667. The van der Waals surface area contributed by atoms with Crippen LogP contribution in [0.5, 0.6) is 0 Å². The predicted molar refractivity (Wildman–Crippen MR) is 79.9 cm³/mol. The first kappa shape index (κ1) is 12.8. The molecule has 6 heteroatoms. The molecule has 0 aliphatic rings. The molecule has 0 aliphatic carbocycles. The van der Waals surface area contributed by atoms with Crippen molar-refractivity contribution in [2.45, 2.75) is 0 Å². The zero-order valence-electron chi connectivity index (χ0n) is 10.8. The molecule has 0 aliphatic heterocycles. The topological polar surface area (TPSA) is 67.0 Å². The Morgan fingerprint density at radius 1 is 1.45 bits per heavy atom.